The fourth-order valence-electron chi connectivity index (χ4n) is 3.00. The topological polar surface area (TPSA) is 45.4 Å². The Bertz CT molecular complexity index is 1230. The number of nitrogens with one attached hydrogen (secondary N) is 1. The number of halogens is 1. The molecule has 136 valence electrons. The third kappa shape index (κ3) is 3.36. The first-order valence-electron chi connectivity index (χ1n) is 8.63. The molecule has 4 aromatic rings. The second-order valence-electron chi connectivity index (χ2n) is 6.42. The third-order valence-corrected chi connectivity index (χ3v) is 5.89. The Labute approximate surface area is 166 Å². The first kappa shape index (κ1) is 17.8. The molecule has 0 atom stereocenters. The lowest BCUT2D eigenvalue weighted by Crippen LogP contribution is -2.11. The number of fused-ring (bicyclic) bond motifs is 1. The quantitative estimate of drug-likeness (QED) is 0.432. The first-order chi connectivity index (χ1) is 13.0. The van der Waals surface area contributed by atoms with Gasteiger partial charge in [0.1, 0.15) is 0 Å². The number of aryl methyl sites for hydroxylation is 2. The van der Waals surface area contributed by atoms with Crippen molar-refractivity contribution < 1.29 is 0 Å². The van der Waals surface area contributed by atoms with E-state index in [4.69, 9.17) is 21.7 Å². The van der Waals surface area contributed by atoms with Crippen molar-refractivity contribution in [1.82, 2.24) is 9.66 Å². The van der Waals surface area contributed by atoms with Crippen molar-refractivity contribution >= 4 is 45.7 Å². The van der Waals surface area contributed by atoms with Crippen LogP contribution in [-0.4, -0.2) is 15.9 Å². The standard InChI is InChI=1S/C21H19ClN4S/c1-13-12-27-21(25-19-10-6-8-18(22)14(19)2)26(13)23-11-17-15(3)24-20-9-5-4-7-16(17)20/h4-12,24H,1-3H3. The van der Waals surface area contributed by atoms with E-state index in [9.17, 15) is 0 Å². The van der Waals surface area contributed by atoms with Gasteiger partial charge in [0, 0.05) is 32.6 Å². The molecule has 0 saturated carbocycles. The minimum Gasteiger partial charge on any atom is -0.358 e. The largest absolute Gasteiger partial charge is 0.358 e. The number of aromatic nitrogens is 2. The number of hydrogen-bond acceptors (Lipinski definition) is 3. The van der Waals surface area contributed by atoms with E-state index in [0.29, 0.717) is 5.02 Å². The highest BCUT2D eigenvalue weighted by molar-refractivity contribution is 7.07. The van der Waals surface area contributed by atoms with Crippen molar-refractivity contribution in [3.8, 4) is 0 Å². The molecule has 0 unspecified atom stereocenters. The lowest BCUT2D eigenvalue weighted by molar-refractivity contribution is 0.809. The van der Waals surface area contributed by atoms with E-state index in [1.165, 1.54) is 0 Å². The molecule has 0 saturated heterocycles. The molecule has 4 rings (SSSR count). The number of aromatic amines is 1. The van der Waals surface area contributed by atoms with Crippen LogP contribution in [0.3, 0.4) is 0 Å². The van der Waals surface area contributed by atoms with Crippen LogP contribution < -0.4 is 4.80 Å². The predicted molar refractivity (Wildman–Crippen MR) is 114 cm³/mol. The number of rotatable bonds is 3. The molecule has 2 aromatic heterocycles. The van der Waals surface area contributed by atoms with E-state index in [-0.39, 0.29) is 0 Å². The summed E-state index contributed by atoms with van der Waals surface area (Å²) in [6.45, 7) is 6.07. The number of hydrogen-bond donors (Lipinski definition) is 1. The van der Waals surface area contributed by atoms with Crippen LogP contribution in [0, 0.1) is 20.8 Å². The van der Waals surface area contributed by atoms with Gasteiger partial charge in [0.15, 0.2) is 0 Å². The van der Waals surface area contributed by atoms with Crippen molar-refractivity contribution in [3.63, 3.8) is 0 Å². The summed E-state index contributed by atoms with van der Waals surface area (Å²) in [7, 11) is 0. The maximum atomic E-state index is 6.23. The molecule has 0 amide bonds. The van der Waals surface area contributed by atoms with Gasteiger partial charge in [0.2, 0.25) is 4.80 Å². The van der Waals surface area contributed by atoms with Gasteiger partial charge < -0.3 is 4.98 Å². The van der Waals surface area contributed by atoms with Gasteiger partial charge in [-0.3, -0.25) is 0 Å². The average Bonchev–Trinajstić information content (AvgIpc) is 3.16. The van der Waals surface area contributed by atoms with E-state index in [1.807, 2.05) is 55.1 Å². The number of nitrogens with zero attached hydrogens (tertiary/aromatic N) is 3. The summed E-state index contributed by atoms with van der Waals surface area (Å²) in [5, 5.41) is 8.66. The summed E-state index contributed by atoms with van der Waals surface area (Å²) in [6, 6.07) is 14.0. The highest BCUT2D eigenvalue weighted by atomic mass is 35.5. The van der Waals surface area contributed by atoms with Gasteiger partial charge in [-0.1, -0.05) is 35.9 Å². The number of thiazole rings is 1. The van der Waals surface area contributed by atoms with Crippen LogP contribution in [0.4, 0.5) is 5.69 Å². The van der Waals surface area contributed by atoms with Crippen LogP contribution in [0.1, 0.15) is 22.5 Å². The van der Waals surface area contributed by atoms with Gasteiger partial charge in [-0.05, 0) is 44.5 Å². The molecule has 0 aliphatic carbocycles. The molecule has 1 N–H and O–H groups in total. The fraction of sp³-hybridized carbons (Fsp3) is 0.143. The van der Waals surface area contributed by atoms with Crippen molar-refractivity contribution in [2.45, 2.75) is 20.8 Å². The van der Waals surface area contributed by atoms with E-state index >= 15 is 0 Å². The zero-order valence-electron chi connectivity index (χ0n) is 15.3. The zero-order valence-corrected chi connectivity index (χ0v) is 16.9. The Morgan fingerprint density at radius 3 is 2.74 bits per heavy atom. The molecule has 2 aromatic carbocycles. The van der Waals surface area contributed by atoms with E-state index in [1.54, 1.807) is 11.3 Å². The van der Waals surface area contributed by atoms with Crippen molar-refractivity contribution in [1.29, 1.82) is 0 Å². The Morgan fingerprint density at radius 2 is 1.89 bits per heavy atom. The molecule has 6 heteroatoms. The Morgan fingerprint density at radius 1 is 1.07 bits per heavy atom. The number of benzene rings is 2. The van der Waals surface area contributed by atoms with Crippen molar-refractivity contribution in [2.24, 2.45) is 10.1 Å². The predicted octanol–water partition coefficient (Wildman–Crippen LogP) is 5.72. The molecule has 0 fully saturated rings. The van der Waals surface area contributed by atoms with Gasteiger partial charge >= 0.3 is 0 Å². The zero-order chi connectivity index (χ0) is 19.0. The maximum absolute atomic E-state index is 6.23. The molecule has 0 radical (unpaired) electrons. The van der Waals surface area contributed by atoms with Crippen LogP contribution in [0.2, 0.25) is 5.02 Å². The van der Waals surface area contributed by atoms with Crippen molar-refractivity contribution in [2.75, 3.05) is 0 Å². The Kier molecular flexibility index (Phi) is 4.72. The van der Waals surface area contributed by atoms with Crippen LogP contribution in [-0.2, 0) is 0 Å². The minimum absolute atomic E-state index is 0.717. The lowest BCUT2D eigenvalue weighted by Gasteiger charge is -2.02. The Hall–Kier alpha value is -2.63. The lowest BCUT2D eigenvalue weighted by atomic mass is 10.1. The molecule has 0 aliphatic rings. The van der Waals surface area contributed by atoms with Gasteiger partial charge in [-0.25, -0.2) is 9.67 Å². The summed E-state index contributed by atoms with van der Waals surface area (Å²) in [6.07, 6.45) is 1.90. The summed E-state index contributed by atoms with van der Waals surface area (Å²) < 4.78 is 1.87. The molecular weight excluding hydrogens is 376 g/mol. The second kappa shape index (κ2) is 7.18. The molecule has 2 heterocycles. The van der Waals surface area contributed by atoms with Gasteiger partial charge in [-0.15, -0.1) is 11.3 Å². The second-order valence-corrected chi connectivity index (χ2v) is 7.66. The van der Waals surface area contributed by atoms with Gasteiger partial charge in [0.25, 0.3) is 0 Å². The number of H-pyrrole nitrogens is 1. The summed E-state index contributed by atoms with van der Waals surface area (Å²) in [4.78, 5) is 9.00. The summed E-state index contributed by atoms with van der Waals surface area (Å²) >= 11 is 7.79. The fourth-order valence-corrected chi connectivity index (χ4v) is 3.99. The SMILES string of the molecule is Cc1[nH]c2ccccc2c1C=Nn1c(C)csc1=Nc1cccc(Cl)c1C. The van der Waals surface area contributed by atoms with Crippen LogP contribution in [0.15, 0.2) is 57.9 Å². The molecular formula is C21H19ClN4S. The maximum Gasteiger partial charge on any atom is 0.211 e. The smallest absolute Gasteiger partial charge is 0.211 e. The Balaban J connectivity index is 1.81. The van der Waals surface area contributed by atoms with E-state index in [0.717, 1.165) is 43.9 Å². The molecule has 4 nitrogen and oxygen atoms in total. The normalized spacial score (nSPS) is 12.5. The van der Waals surface area contributed by atoms with Crippen molar-refractivity contribution in [3.05, 3.63) is 80.2 Å². The summed E-state index contributed by atoms with van der Waals surface area (Å²) in [5.74, 6) is 0. The monoisotopic (exact) mass is 394 g/mol. The molecule has 27 heavy (non-hydrogen) atoms. The van der Waals surface area contributed by atoms with Gasteiger partial charge in [-0.2, -0.15) is 5.10 Å². The van der Waals surface area contributed by atoms with Crippen LogP contribution in [0.5, 0.6) is 0 Å². The van der Waals surface area contributed by atoms with E-state index in [2.05, 4.69) is 29.4 Å². The highest BCUT2D eigenvalue weighted by Crippen LogP contribution is 2.25. The summed E-state index contributed by atoms with van der Waals surface area (Å²) in [5.41, 5.74) is 6.16. The molecule has 0 bridgehead atoms. The molecule has 0 aliphatic heterocycles. The molecule has 0 spiro atoms. The highest BCUT2D eigenvalue weighted by Gasteiger charge is 2.07. The number of para-hydroxylation sites is 1. The average molecular weight is 395 g/mol. The van der Waals surface area contributed by atoms with E-state index < -0.39 is 0 Å². The first-order valence-corrected chi connectivity index (χ1v) is 9.89. The van der Waals surface area contributed by atoms with Gasteiger partial charge in [0.05, 0.1) is 17.6 Å². The minimum atomic E-state index is 0.717. The third-order valence-electron chi connectivity index (χ3n) is 4.55. The van der Waals surface area contributed by atoms with Crippen LogP contribution >= 0.6 is 22.9 Å². The van der Waals surface area contributed by atoms with Crippen LogP contribution in [0.25, 0.3) is 10.9 Å².